The molecular weight excluding hydrogens is 234 g/mol. The highest BCUT2D eigenvalue weighted by Crippen LogP contribution is 2.45. The zero-order valence-corrected chi connectivity index (χ0v) is 12.9. The molecule has 1 heterocycles. The van der Waals surface area contributed by atoms with Gasteiger partial charge in [0.2, 0.25) is 0 Å². The maximum atomic E-state index is 10.4. The number of rotatable bonds is 2. The number of hydrogen-bond acceptors (Lipinski definition) is 2. The summed E-state index contributed by atoms with van der Waals surface area (Å²) in [6, 6.07) is 10.7. The lowest BCUT2D eigenvalue weighted by Gasteiger charge is -2.52. The molecule has 0 aromatic heterocycles. The molecule has 2 nitrogen and oxygen atoms in total. The summed E-state index contributed by atoms with van der Waals surface area (Å²) >= 11 is 0. The van der Waals surface area contributed by atoms with Crippen molar-refractivity contribution >= 4 is 0 Å². The number of benzene rings is 1. The fraction of sp³-hybridized carbons (Fsp3) is 0.647. The van der Waals surface area contributed by atoms with Gasteiger partial charge in [-0.05, 0) is 57.9 Å². The highest BCUT2D eigenvalue weighted by molar-refractivity contribution is 5.20. The van der Waals surface area contributed by atoms with E-state index in [-0.39, 0.29) is 11.1 Å². The lowest BCUT2D eigenvalue weighted by molar-refractivity contribution is -0.252. The predicted octanol–water partition coefficient (Wildman–Crippen LogP) is 4.45. The normalized spacial score (nSPS) is 25.2. The largest absolute Gasteiger partial charge is 0.313 e. The highest BCUT2D eigenvalue weighted by atomic mass is 16.5. The van der Waals surface area contributed by atoms with Gasteiger partial charge in [0, 0.05) is 11.1 Å². The van der Waals surface area contributed by atoms with Crippen molar-refractivity contribution in [2.45, 2.75) is 64.5 Å². The van der Waals surface area contributed by atoms with Crippen molar-refractivity contribution < 1.29 is 5.21 Å². The van der Waals surface area contributed by atoms with Gasteiger partial charge in [-0.3, -0.25) is 0 Å². The van der Waals surface area contributed by atoms with Crippen molar-refractivity contribution in [3.63, 3.8) is 0 Å². The summed E-state index contributed by atoms with van der Waals surface area (Å²) in [7, 11) is 0. The maximum Gasteiger partial charge on any atom is 0.0413 e. The summed E-state index contributed by atoms with van der Waals surface area (Å²) < 4.78 is 0. The first-order valence-electron chi connectivity index (χ1n) is 7.28. The Morgan fingerprint density at radius 2 is 1.53 bits per heavy atom. The Morgan fingerprint density at radius 3 is 2.00 bits per heavy atom. The minimum Gasteiger partial charge on any atom is -0.313 e. The van der Waals surface area contributed by atoms with Crippen LogP contribution in [0.15, 0.2) is 30.3 Å². The Balaban J connectivity index is 2.22. The fourth-order valence-corrected chi connectivity index (χ4v) is 3.73. The van der Waals surface area contributed by atoms with Crippen molar-refractivity contribution in [3.05, 3.63) is 35.9 Å². The van der Waals surface area contributed by atoms with Crippen LogP contribution in [0.2, 0.25) is 0 Å². The van der Waals surface area contributed by atoms with Crippen molar-refractivity contribution in [2.75, 3.05) is 0 Å². The summed E-state index contributed by atoms with van der Waals surface area (Å²) in [6.45, 7) is 10.9. The summed E-state index contributed by atoms with van der Waals surface area (Å²) in [6.07, 6.45) is 2.06. The van der Waals surface area contributed by atoms with Gasteiger partial charge in [-0.2, -0.15) is 5.06 Å². The van der Waals surface area contributed by atoms with Crippen LogP contribution in [0.5, 0.6) is 0 Å². The third-order valence-electron chi connectivity index (χ3n) is 4.70. The molecule has 0 saturated carbocycles. The molecule has 1 aliphatic rings. The molecule has 0 bridgehead atoms. The SMILES string of the molecule is CC(c1ccccc1)C1CC(C)(C)N(O)C(C)(C)C1. The Bertz CT molecular complexity index is 406. The van der Waals surface area contributed by atoms with Gasteiger partial charge in [-0.15, -0.1) is 0 Å². The average molecular weight is 261 g/mol. The quantitative estimate of drug-likeness (QED) is 0.850. The van der Waals surface area contributed by atoms with Gasteiger partial charge < -0.3 is 5.21 Å². The van der Waals surface area contributed by atoms with Crippen molar-refractivity contribution in [1.82, 2.24) is 5.06 Å². The summed E-state index contributed by atoms with van der Waals surface area (Å²) in [4.78, 5) is 0. The molecule has 1 N–H and O–H groups in total. The van der Waals surface area contributed by atoms with Crippen LogP contribution >= 0.6 is 0 Å². The van der Waals surface area contributed by atoms with Crippen LogP contribution in [-0.2, 0) is 0 Å². The lowest BCUT2D eigenvalue weighted by atomic mass is 9.69. The first-order valence-corrected chi connectivity index (χ1v) is 7.28. The van der Waals surface area contributed by atoms with Crippen molar-refractivity contribution in [2.24, 2.45) is 5.92 Å². The van der Waals surface area contributed by atoms with E-state index in [4.69, 9.17) is 0 Å². The van der Waals surface area contributed by atoms with E-state index >= 15 is 0 Å². The van der Waals surface area contributed by atoms with E-state index in [1.54, 1.807) is 5.06 Å². The minimum atomic E-state index is -0.157. The first-order chi connectivity index (χ1) is 8.74. The van der Waals surface area contributed by atoms with Gasteiger partial charge in [-0.25, -0.2) is 0 Å². The Hall–Kier alpha value is -0.860. The molecular formula is C17H27NO. The zero-order valence-electron chi connectivity index (χ0n) is 12.9. The first kappa shape index (κ1) is 14.5. The predicted molar refractivity (Wildman–Crippen MR) is 79.4 cm³/mol. The molecule has 106 valence electrons. The fourth-order valence-electron chi connectivity index (χ4n) is 3.73. The van der Waals surface area contributed by atoms with E-state index in [9.17, 15) is 5.21 Å². The van der Waals surface area contributed by atoms with Crippen LogP contribution in [-0.4, -0.2) is 21.3 Å². The summed E-state index contributed by atoms with van der Waals surface area (Å²) in [5, 5.41) is 11.9. The van der Waals surface area contributed by atoms with Crippen LogP contribution in [0.3, 0.4) is 0 Å². The molecule has 19 heavy (non-hydrogen) atoms. The third-order valence-corrected chi connectivity index (χ3v) is 4.70. The molecule has 0 amide bonds. The van der Waals surface area contributed by atoms with Crippen LogP contribution in [0.4, 0.5) is 0 Å². The maximum absolute atomic E-state index is 10.4. The molecule has 1 unspecified atom stereocenters. The summed E-state index contributed by atoms with van der Waals surface area (Å²) in [5.74, 6) is 1.14. The van der Waals surface area contributed by atoms with E-state index in [0.717, 1.165) is 12.8 Å². The zero-order chi connectivity index (χ0) is 14.3. The smallest absolute Gasteiger partial charge is 0.0413 e. The van der Waals surface area contributed by atoms with Gasteiger partial charge in [0.05, 0.1) is 0 Å². The molecule has 1 saturated heterocycles. The number of nitrogens with zero attached hydrogens (tertiary/aromatic N) is 1. The summed E-state index contributed by atoms with van der Waals surface area (Å²) in [5.41, 5.74) is 1.09. The Kier molecular flexibility index (Phi) is 3.76. The number of hydrogen-bond donors (Lipinski definition) is 1. The van der Waals surface area contributed by atoms with E-state index in [2.05, 4.69) is 65.0 Å². The second kappa shape index (κ2) is 4.92. The molecule has 2 rings (SSSR count). The second-order valence-electron chi connectivity index (χ2n) is 7.30. The monoisotopic (exact) mass is 261 g/mol. The molecule has 2 heteroatoms. The molecule has 1 fully saturated rings. The third kappa shape index (κ3) is 2.85. The standard InChI is InChI=1S/C17H27NO/c1-13(14-9-7-6-8-10-14)15-11-16(2,3)18(19)17(4,5)12-15/h6-10,13,15,19H,11-12H2,1-5H3. The molecule has 1 atom stereocenters. The molecule has 1 aliphatic heterocycles. The Morgan fingerprint density at radius 1 is 1.05 bits per heavy atom. The van der Waals surface area contributed by atoms with Crippen LogP contribution in [0, 0.1) is 5.92 Å². The average Bonchev–Trinajstić information content (AvgIpc) is 2.35. The molecule has 1 aromatic carbocycles. The van der Waals surface area contributed by atoms with Crippen molar-refractivity contribution in [1.29, 1.82) is 0 Å². The van der Waals surface area contributed by atoms with Gasteiger partial charge in [0.15, 0.2) is 0 Å². The molecule has 0 aliphatic carbocycles. The highest BCUT2D eigenvalue weighted by Gasteiger charge is 2.46. The minimum absolute atomic E-state index is 0.157. The molecule has 0 spiro atoms. The second-order valence-corrected chi connectivity index (χ2v) is 7.30. The van der Waals surface area contributed by atoms with Gasteiger partial charge >= 0.3 is 0 Å². The van der Waals surface area contributed by atoms with Gasteiger partial charge in [0.25, 0.3) is 0 Å². The van der Waals surface area contributed by atoms with Crippen LogP contribution < -0.4 is 0 Å². The van der Waals surface area contributed by atoms with E-state index in [1.807, 2.05) is 0 Å². The van der Waals surface area contributed by atoms with Crippen molar-refractivity contribution in [3.8, 4) is 0 Å². The topological polar surface area (TPSA) is 23.5 Å². The van der Waals surface area contributed by atoms with E-state index in [0.29, 0.717) is 11.8 Å². The molecule has 1 aromatic rings. The van der Waals surface area contributed by atoms with E-state index < -0.39 is 0 Å². The Labute approximate surface area is 117 Å². The number of piperidine rings is 1. The van der Waals surface area contributed by atoms with Gasteiger partial charge in [0.1, 0.15) is 0 Å². The lowest BCUT2D eigenvalue weighted by Crippen LogP contribution is -2.59. The van der Waals surface area contributed by atoms with E-state index in [1.165, 1.54) is 5.56 Å². The van der Waals surface area contributed by atoms with Crippen LogP contribution in [0.25, 0.3) is 0 Å². The van der Waals surface area contributed by atoms with Crippen LogP contribution in [0.1, 0.15) is 58.9 Å². The molecule has 0 radical (unpaired) electrons. The van der Waals surface area contributed by atoms with Gasteiger partial charge in [-0.1, -0.05) is 37.3 Å². The number of hydroxylamine groups is 2.